The largest absolute Gasteiger partial charge is 0.467 e. The molecule has 0 spiro atoms. The first-order valence-electron chi connectivity index (χ1n) is 8.59. The highest BCUT2D eigenvalue weighted by Crippen LogP contribution is 2.63. The maximum Gasteiger partial charge on any atom is 0.278 e. The number of hydrazone groups is 1. The van der Waals surface area contributed by atoms with Crippen LogP contribution < -0.4 is 10.2 Å². The summed E-state index contributed by atoms with van der Waals surface area (Å²) in [4.78, 5) is 21.3. The number of aromatic nitrogens is 2. The molecule has 0 saturated heterocycles. The average molecular weight is 358 g/mol. The zero-order valence-electron chi connectivity index (χ0n) is 14.7. The van der Waals surface area contributed by atoms with Crippen molar-refractivity contribution < 1.29 is 9.53 Å². The van der Waals surface area contributed by atoms with Crippen LogP contribution in [0.3, 0.4) is 0 Å². The maximum atomic E-state index is 12.1. The summed E-state index contributed by atoms with van der Waals surface area (Å²) in [6, 6.07) is 1.89. The number of hydrogen-bond acceptors (Lipinski definition) is 6. The fraction of sp³-hybridized carbons (Fsp3) is 0.556. The van der Waals surface area contributed by atoms with E-state index < -0.39 is 0 Å². The SMILES string of the molecule is CC12CCC(C/C1=N/NC(=O)COc1ncnc3sccc13)C2(C)C. The Morgan fingerprint density at radius 1 is 1.44 bits per heavy atom. The van der Waals surface area contributed by atoms with Crippen molar-refractivity contribution in [2.45, 2.75) is 40.0 Å². The molecule has 2 fully saturated rings. The number of nitrogens with zero attached hydrogens (tertiary/aromatic N) is 3. The summed E-state index contributed by atoms with van der Waals surface area (Å²) >= 11 is 1.52. The van der Waals surface area contributed by atoms with Gasteiger partial charge in [-0.05, 0) is 42.0 Å². The summed E-state index contributed by atoms with van der Waals surface area (Å²) < 4.78 is 5.56. The van der Waals surface area contributed by atoms with Crippen LogP contribution in [0.2, 0.25) is 0 Å². The molecular weight excluding hydrogens is 336 g/mol. The lowest BCUT2D eigenvalue weighted by atomic mass is 9.70. The van der Waals surface area contributed by atoms with Gasteiger partial charge in [-0.15, -0.1) is 11.3 Å². The molecule has 2 aromatic heterocycles. The molecule has 6 nitrogen and oxygen atoms in total. The normalized spacial score (nSPS) is 28.6. The van der Waals surface area contributed by atoms with Gasteiger partial charge < -0.3 is 4.74 Å². The first-order chi connectivity index (χ1) is 11.9. The number of nitrogens with one attached hydrogen (secondary N) is 1. The van der Waals surface area contributed by atoms with Crippen LogP contribution in [-0.4, -0.2) is 28.2 Å². The fourth-order valence-electron chi connectivity index (χ4n) is 4.28. The molecule has 0 aromatic carbocycles. The second-order valence-electron chi connectivity index (χ2n) is 7.69. The third kappa shape index (κ3) is 2.52. The summed E-state index contributed by atoms with van der Waals surface area (Å²) in [7, 11) is 0. The van der Waals surface area contributed by atoms with Crippen molar-refractivity contribution in [3.63, 3.8) is 0 Å². The van der Waals surface area contributed by atoms with Gasteiger partial charge in [0, 0.05) is 11.1 Å². The van der Waals surface area contributed by atoms with Crippen LogP contribution in [0, 0.1) is 16.7 Å². The Hall–Kier alpha value is -2.02. The molecule has 1 amide bonds. The maximum absolute atomic E-state index is 12.1. The van der Waals surface area contributed by atoms with Gasteiger partial charge in [-0.1, -0.05) is 20.8 Å². The van der Waals surface area contributed by atoms with Gasteiger partial charge in [-0.3, -0.25) is 4.79 Å². The quantitative estimate of drug-likeness (QED) is 0.850. The lowest BCUT2D eigenvalue weighted by molar-refractivity contribution is -0.123. The molecule has 25 heavy (non-hydrogen) atoms. The first-order valence-corrected chi connectivity index (χ1v) is 9.47. The van der Waals surface area contributed by atoms with Gasteiger partial charge in [0.2, 0.25) is 5.88 Å². The molecule has 2 aliphatic carbocycles. The third-order valence-electron chi connectivity index (χ3n) is 6.39. The number of amides is 1. The summed E-state index contributed by atoms with van der Waals surface area (Å²) in [6.45, 7) is 6.80. The molecule has 2 atom stereocenters. The number of fused-ring (bicyclic) bond motifs is 3. The van der Waals surface area contributed by atoms with Crippen LogP contribution in [0.4, 0.5) is 0 Å². The predicted octanol–water partition coefficient (Wildman–Crippen LogP) is 3.39. The number of thiophene rings is 1. The minimum atomic E-state index is -0.265. The molecule has 2 aromatic rings. The Bertz CT molecular complexity index is 860. The topological polar surface area (TPSA) is 76.5 Å². The minimum Gasteiger partial charge on any atom is -0.467 e. The molecule has 2 heterocycles. The second-order valence-corrected chi connectivity index (χ2v) is 8.59. The van der Waals surface area contributed by atoms with Crippen molar-refractivity contribution in [1.82, 2.24) is 15.4 Å². The molecule has 2 aliphatic rings. The third-order valence-corrected chi connectivity index (χ3v) is 7.21. The number of hydrogen-bond donors (Lipinski definition) is 1. The lowest BCUT2D eigenvalue weighted by Crippen LogP contribution is -2.35. The summed E-state index contributed by atoms with van der Waals surface area (Å²) in [5.74, 6) is 0.832. The van der Waals surface area contributed by atoms with Gasteiger partial charge in [0.25, 0.3) is 5.91 Å². The number of rotatable bonds is 4. The van der Waals surface area contributed by atoms with Crippen LogP contribution in [0.1, 0.15) is 40.0 Å². The van der Waals surface area contributed by atoms with Crippen LogP contribution in [0.15, 0.2) is 22.9 Å². The van der Waals surface area contributed by atoms with E-state index in [-0.39, 0.29) is 23.3 Å². The smallest absolute Gasteiger partial charge is 0.278 e. The molecular formula is C18H22N4O2S. The van der Waals surface area contributed by atoms with Crippen molar-refractivity contribution in [3.8, 4) is 5.88 Å². The second kappa shape index (κ2) is 5.76. The van der Waals surface area contributed by atoms with Gasteiger partial charge in [-0.25, -0.2) is 15.4 Å². The summed E-state index contributed by atoms with van der Waals surface area (Å²) in [5.41, 5.74) is 4.12. The van der Waals surface area contributed by atoms with Crippen molar-refractivity contribution >= 4 is 33.2 Å². The molecule has 1 N–H and O–H groups in total. The number of ether oxygens (including phenoxy) is 1. The molecule has 2 unspecified atom stereocenters. The van der Waals surface area contributed by atoms with Gasteiger partial charge in [0.1, 0.15) is 11.2 Å². The Balaban J connectivity index is 1.40. The van der Waals surface area contributed by atoms with Crippen LogP contribution >= 0.6 is 11.3 Å². The molecule has 4 rings (SSSR count). The van der Waals surface area contributed by atoms with Crippen molar-refractivity contribution in [2.24, 2.45) is 21.8 Å². The number of carbonyl (C=O) groups excluding carboxylic acids is 1. The zero-order valence-corrected chi connectivity index (χ0v) is 15.5. The van der Waals surface area contributed by atoms with Gasteiger partial charge >= 0.3 is 0 Å². The van der Waals surface area contributed by atoms with Crippen molar-refractivity contribution in [2.75, 3.05) is 6.61 Å². The van der Waals surface area contributed by atoms with Crippen molar-refractivity contribution in [1.29, 1.82) is 0 Å². The minimum absolute atomic E-state index is 0.0846. The summed E-state index contributed by atoms with van der Waals surface area (Å²) in [5, 5.41) is 7.20. The highest BCUT2D eigenvalue weighted by molar-refractivity contribution is 7.16. The Labute approximate surface area is 150 Å². The van der Waals surface area contributed by atoms with Crippen LogP contribution in [-0.2, 0) is 4.79 Å². The standard InChI is InChI=1S/C18H22N4O2S/c1-17(2)11-4-6-18(17,3)13(8-11)21-22-14(23)9-24-15-12-5-7-25-16(12)20-10-19-15/h5,7,10-11H,4,6,8-9H2,1-3H3,(H,22,23)/b21-13-. The van der Waals surface area contributed by atoms with E-state index >= 15 is 0 Å². The van der Waals surface area contributed by atoms with E-state index in [1.807, 2.05) is 11.4 Å². The molecule has 2 saturated carbocycles. The predicted molar refractivity (Wildman–Crippen MR) is 97.7 cm³/mol. The van der Waals surface area contributed by atoms with Crippen LogP contribution in [0.5, 0.6) is 5.88 Å². The molecule has 2 bridgehead atoms. The number of carbonyl (C=O) groups is 1. The van der Waals surface area contributed by atoms with E-state index in [2.05, 4.69) is 41.3 Å². The van der Waals surface area contributed by atoms with E-state index in [1.54, 1.807) is 0 Å². The fourth-order valence-corrected chi connectivity index (χ4v) is 5.00. The van der Waals surface area contributed by atoms with E-state index in [9.17, 15) is 4.79 Å². The highest BCUT2D eigenvalue weighted by Gasteiger charge is 2.59. The molecule has 0 radical (unpaired) electrons. The molecule has 7 heteroatoms. The van der Waals surface area contributed by atoms with Crippen molar-refractivity contribution in [3.05, 3.63) is 17.8 Å². The van der Waals surface area contributed by atoms with E-state index in [4.69, 9.17) is 4.74 Å². The van der Waals surface area contributed by atoms with Gasteiger partial charge in [0.05, 0.1) is 5.39 Å². The Morgan fingerprint density at radius 2 is 2.28 bits per heavy atom. The van der Waals surface area contributed by atoms with E-state index in [0.29, 0.717) is 11.8 Å². The van der Waals surface area contributed by atoms with Gasteiger partial charge in [0.15, 0.2) is 6.61 Å². The monoisotopic (exact) mass is 358 g/mol. The van der Waals surface area contributed by atoms with Crippen LogP contribution in [0.25, 0.3) is 10.2 Å². The van der Waals surface area contributed by atoms with Gasteiger partial charge in [-0.2, -0.15) is 5.10 Å². The average Bonchev–Trinajstić information content (AvgIpc) is 3.20. The first kappa shape index (κ1) is 16.4. The Kier molecular flexibility index (Phi) is 3.79. The Morgan fingerprint density at radius 3 is 3.00 bits per heavy atom. The molecule has 0 aliphatic heterocycles. The van der Waals surface area contributed by atoms with E-state index in [1.165, 1.54) is 24.1 Å². The van der Waals surface area contributed by atoms with E-state index in [0.717, 1.165) is 28.8 Å². The highest BCUT2D eigenvalue weighted by atomic mass is 32.1. The molecule has 132 valence electrons. The summed E-state index contributed by atoms with van der Waals surface area (Å²) in [6.07, 6.45) is 4.83. The lowest BCUT2D eigenvalue weighted by Gasteiger charge is -2.34. The zero-order chi connectivity index (χ0) is 17.7.